The number of anilines is 1. The molecule has 0 amide bonds. The first-order valence-corrected chi connectivity index (χ1v) is 8.92. The maximum Gasteiger partial charge on any atom is 0.221 e. The van der Waals surface area contributed by atoms with E-state index in [2.05, 4.69) is 15.3 Å². The first-order valence-electron chi connectivity index (χ1n) is 6.46. The molecule has 3 rings (SSSR count). The summed E-state index contributed by atoms with van der Waals surface area (Å²) in [6.45, 7) is 1.55. The summed E-state index contributed by atoms with van der Waals surface area (Å²) in [7, 11) is -3.46. The van der Waals surface area contributed by atoms with E-state index in [1.165, 1.54) is 20.9 Å². The third kappa shape index (κ3) is 2.10. The number of nitrogens with zero attached hydrogens (tertiary/aromatic N) is 4. The summed E-state index contributed by atoms with van der Waals surface area (Å²) in [5.41, 5.74) is 6.96. The Labute approximate surface area is 120 Å². The number of nitrogens with two attached hydrogens (primary N) is 1. The molecule has 9 heteroatoms. The van der Waals surface area contributed by atoms with E-state index in [-0.39, 0.29) is 16.6 Å². The summed E-state index contributed by atoms with van der Waals surface area (Å²) in [4.78, 5) is 5.74. The molecule has 1 aliphatic carbocycles. The molecule has 2 heterocycles. The predicted molar refractivity (Wildman–Crippen MR) is 75.8 cm³/mol. The molecule has 0 fully saturated rings. The SMILES string of the molecule is CCS(=O)(=O)c1nnn(-c2nc3c(s2)CCCC3)c1N. The van der Waals surface area contributed by atoms with E-state index in [9.17, 15) is 8.42 Å². The van der Waals surface area contributed by atoms with Crippen molar-refractivity contribution in [2.24, 2.45) is 0 Å². The van der Waals surface area contributed by atoms with Crippen LogP contribution < -0.4 is 5.73 Å². The average molecular weight is 313 g/mol. The van der Waals surface area contributed by atoms with Gasteiger partial charge in [0.2, 0.25) is 20.0 Å². The van der Waals surface area contributed by atoms with Gasteiger partial charge in [-0.1, -0.05) is 23.5 Å². The van der Waals surface area contributed by atoms with E-state index in [0.717, 1.165) is 31.4 Å². The summed E-state index contributed by atoms with van der Waals surface area (Å²) < 4.78 is 25.0. The van der Waals surface area contributed by atoms with E-state index in [1.807, 2.05) is 0 Å². The third-order valence-electron chi connectivity index (χ3n) is 3.36. The largest absolute Gasteiger partial charge is 0.381 e. The average Bonchev–Trinajstić information content (AvgIpc) is 3.01. The Kier molecular flexibility index (Phi) is 3.25. The number of hydrogen-bond donors (Lipinski definition) is 1. The number of hydrogen-bond acceptors (Lipinski definition) is 7. The van der Waals surface area contributed by atoms with Crippen molar-refractivity contribution in [1.82, 2.24) is 20.0 Å². The van der Waals surface area contributed by atoms with Crippen LogP contribution in [0, 0.1) is 0 Å². The number of rotatable bonds is 3. The van der Waals surface area contributed by atoms with Crippen LogP contribution in [0.4, 0.5) is 5.82 Å². The van der Waals surface area contributed by atoms with Crippen LogP contribution in [-0.4, -0.2) is 34.1 Å². The summed E-state index contributed by atoms with van der Waals surface area (Å²) in [6.07, 6.45) is 4.28. The van der Waals surface area contributed by atoms with Gasteiger partial charge in [-0.25, -0.2) is 13.4 Å². The molecule has 0 bridgehead atoms. The quantitative estimate of drug-likeness (QED) is 0.905. The lowest BCUT2D eigenvalue weighted by Crippen LogP contribution is -2.08. The molecule has 2 N–H and O–H groups in total. The van der Waals surface area contributed by atoms with Gasteiger partial charge in [-0.3, -0.25) is 0 Å². The predicted octanol–water partition coefficient (Wildman–Crippen LogP) is 0.978. The van der Waals surface area contributed by atoms with Gasteiger partial charge in [-0.05, 0) is 25.7 Å². The van der Waals surface area contributed by atoms with Gasteiger partial charge in [0.25, 0.3) is 0 Å². The fraction of sp³-hybridized carbons (Fsp3) is 0.545. The van der Waals surface area contributed by atoms with Gasteiger partial charge in [0.15, 0.2) is 5.82 Å². The van der Waals surface area contributed by atoms with Crippen LogP contribution in [0.15, 0.2) is 5.03 Å². The molecule has 20 heavy (non-hydrogen) atoms. The van der Waals surface area contributed by atoms with Crippen molar-refractivity contribution in [2.75, 3.05) is 11.5 Å². The summed E-state index contributed by atoms with van der Waals surface area (Å²) in [5.74, 6) is -0.0116. The number of sulfone groups is 1. The molecule has 0 atom stereocenters. The van der Waals surface area contributed by atoms with Crippen LogP contribution in [0.25, 0.3) is 5.13 Å². The summed E-state index contributed by atoms with van der Waals surface area (Å²) >= 11 is 1.51. The van der Waals surface area contributed by atoms with Gasteiger partial charge < -0.3 is 5.73 Å². The molecule has 0 spiro atoms. The van der Waals surface area contributed by atoms with Crippen molar-refractivity contribution >= 4 is 27.0 Å². The lowest BCUT2D eigenvalue weighted by molar-refractivity contribution is 0.593. The monoisotopic (exact) mass is 313 g/mol. The second kappa shape index (κ2) is 4.81. The zero-order valence-corrected chi connectivity index (χ0v) is 12.7. The second-order valence-electron chi connectivity index (χ2n) is 4.67. The molecular formula is C11H15N5O2S2. The summed E-state index contributed by atoms with van der Waals surface area (Å²) in [5, 5.41) is 8.00. The van der Waals surface area contributed by atoms with Crippen molar-refractivity contribution in [3.8, 4) is 5.13 Å². The lowest BCUT2D eigenvalue weighted by Gasteiger charge is -2.06. The Hall–Kier alpha value is -1.48. The first kappa shape index (κ1) is 13.5. The second-order valence-corrected chi connectivity index (χ2v) is 7.92. The molecule has 2 aromatic heterocycles. The Balaban J connectivity index is 2.05. The van der Waals surface area contributed by atoms with Crippen LogP contribution in [-0.2, 0) is 22.7 Å². The Morgan fingerprint density at radius 3 is 2.80 bits per heavy atom. The zero-order valence-electron chi connectivity index (χ0n) is 11.0. The number of aromatic nitrogens is 4. The highest BCUT2D eigenvalue weighted by molar-refractivity contribution is 7.91. The van der Waals surface area contributed by atoms with Gasteiger partial charge in [-0.2, -0.15) is 4.68 Å². The van der Waals surface area contributed by atoms with Crippen LogP contribution in [0.5, 0.6) is 0 Å². The fourth-order valence-corrected chi connectivity index (χ4v) is 4.15. The molecule has 0 unspecified atom stereocenters. The minimum Gasteiger partial charge on any atom is -0.381 e. The van der Waals surface area contributed by atoms with Crippen LogP contribution in [0.3, 0.4) is 0 Å². The molecule has 0 saturated carbocycles. The highest BCUT2D eigenvalue weighted by atomic mass is 32.2. The number of nitrogen functional groups attached to an aromatic ring is 1. The topological polar surface area (TPSA) is 104 Å². The summed E-state index contributed by atoms with van der Waals surface area (Å²) in [6, 6.07) is 0. The minimum absolute atomic E-state index is 0.0398. The van der Waals surface area contributed by atoms with Crippen LogP contribution in [0.1, 0.15) is 30.3 Å². The van der Waals surface area contributed by atoms with Crippen LogP contribution >= 0.6 is 11.3 Å². The fourth-order valence-electron chi connectivity index (χ4n) is 2.20. The van der Waals surface area contributed by atoms with Crippen molar-refractivity contribution < 1.29 is 8.42 Å². The molecule has 108 valence electrons. The smallest absolute Gasteiger partial charge is 0.221 e. The van der Waals surface area contributed by atoms with Crippen molar-refractivity contribution in [3.63, 3.8) is 0 Å². The Bertz CT molecular complexity index is 723. The van der Waals surface area contributed by atoms with Gasteiger partial charge in [-0.15, -0.1) is 5.10 Å². The highest BCUT2D eigenvalue weighted by Gasteiger charge is 2.25. The number of aryl methyl sites for hydroxylation is 2. The van der Waals surface area contributed by atoms with Gasteiger partial charge in [0.1, 0.15) is 0 Å². The van der Waals surface area contributed by atoms with Gasteiger partial charge in [0, 0.05) is 4.88 Å². The van der Waals surface area contributed by atoms with Crippen molar-refractivity contribution in [1.29, 1.82) is 0 Å². The van der Waals surface area contributed by atoms with Crippen molar-refractivity contribution in [2.45, 2.75) is 37.6 Å². The highest BCUT2D eigenvalue weighted by Crippen LogP contribution is 2.30. The van der Waals surface area contributed by atoms with Gasteiger partial charge >= 0.3 is 0 Å². The third-order valence-corrected chi connectivity index (χ3v) is 6.14. The molecule has 0 saturated heterocycles. The van der Waals surface area contributed by atoms with E-state index in [4.69, 9.17) is 5.73 Å². The van der Waals surface area contributed by atoms with E-state index >= 15 is 0 Å². The molecule has 2 aromatic rings. The van der Waals surface area contributed by atoms with Gasteiger partial charge in [0.05, 0.1) is 11.4 Å². The molecular weight excluding hydrogens is 298 g/mol. The number of thiazole rings is 1. The van der Waals surface area contributed by atoms with Crippen LogP contribution in [0.2, 0.25) is 0 Å². The number of fused-ring (bicyclic) bond motifs is 1. The zero-order chi connectivity index (χ0) is 14.3. The first-order chi connectivity index (χ1) is 9.53. The molecule has 7 nitrogen and oxygen atoms in total. The Morgan fingerprint density at radius 2 is 2.10 bits per heavy atom. The molecule has 0 aromatic carbocycles. The lowest BCUT2D eigenvalue weighted by atomic mass is 10.0. The molecule has 1 aliphatic rings. The Morgan fingerprint density at radius 1 is 1.35 bits per heavy atom. The molecule has 0 aliphatic heterocycles. The van der Waals surface area contributed by atoms with E-state index in [1.54, 1.807) is 6.92 Å². The maximum atomic E-state index is 11.8. The maximum absolute atomic E-state index is 11.8. The standard InChI is InChI=1S/C11H15N5O2S2/c1-2-20(17,18)10-9(12)16(15-14-10)11-13-7-5-3-4-6-8(7)19-11/h2-6,12H2,1H3. The van der Waals surface area contributed by atoms with E-state index < -0.39 is 9.84 Å². The van der Waals surface area contributed by atoms with Crippen molar-refractivity contribution in [3.05, 3.63) is 10.6 Å². The molecule has 0 radical (unpaired) electrons. The van der Waals surface area contributed by atoms with E-state index in [0.29, 0.717) is 5.13 Å². The minimum atomic E-state index is -3.46. The normalized spacial score (nSPS) is 15.2.